The third kappa shape index (κ3) is 3.79. The van der Waals surface area contributed by atoms with Gasteiger partial charge in [-0.05, 0) is 31.0 Å². The molecule has 1 rings (SSSR count). The lowest BCUT2D eigenvalue weighted by Gasteiger charge is -2.19. The van der Waals surface area contributed by atoms with E-state index in [0.29, 0.717) is 10.9 Å². The van der Waals surface area contributed by atoms with Crippen LogP contribution in [0.3, 0.4) is 0 Å². The summed E-state index contributed by atoms with van der Waals surface area (Å²) in [5.74, 6) is 0.178. The number of alkyl halides is 1. The molecule has 0 spiro atoms. The van der Waals surface area contributed by atoms with Gasteiger partial charge in [0.25, 0.3) is 5.91 Å². The van der Waals surface area contributed by atoms with Crippen molar-refractivity contribution >= 4 is 29.1 Å². The molecular formula is C12H15Cl2NO2. The zero-order valence-electron chi connectivity index (χ0n) is 9.71. The van der Waals surface area contributed by atoms with Gasteiger partial charge in [-0.25, -0.2) is 0 Å². The number of carbonyl (C=O) groups is 1. The number of phenols is 1. The standard InChI is InChI=1S/C12H15Cl2NO2/c1-7(6-13)8(2)15-12(17)10-5-9(14)3-4-11(10)16/h3-5,7-8,16H,6H2,1-2H3,(H,15,17). The molecule has 0 heterocycles. The van der Waals surface area contributed by atoms with Crippen LogP contribution >= 0.6 is 23.2 Å². The fourth-order valence-electron chi connectivity index (χ4n) is 1.25. The second-order valence-corrected chi connectivity index (χ2v) is 4.80. The van der Waals surface area contributed by atoms with Crippen molar-refractivity contribution < 1.29 is 9.90 Å². The van der Waals surface area contributed by atoms with E-state index in [4.69, 9.17) is 23.2 Å². The van der Waals surface area contributed by atoms with Crippen LogP contribution in [0.5, 0.6) is 5.75 Å². The average Bonchev–Trinajstić information content (AvgIpc) is 2.30. The molecule has 1 aromatic carbocycles. The van der Waals surface area contributed by atoms with E-state index in [2.05, 4.69) is 5.32 Å². The first-order valence-corrected chi connectivity index (χ1v) is 6.22. The molecule has 0 saturated heterocycles. The predicted octanol–water partition coefficient (Wildman–Crippen LogP) is 3.04. The summed E-state index contributed by atoms with van der Waals surface area (Å²) >= 11 is 11.5. The van der Waals surface area contributed by atoms with Crippen molar-refractivity contribution in [2.45, 2.75) is 19.9 Å². The van der Waals surface area contributed by atoms with Crippen molar-refractivity contribution in [3.8, 4) is 5.75 Å². The minimum Gasteiger partial charge on any atom is -0.507 e. The average molecular weight is 276 g/mol. The van der Waals surface area contributed by atoms with Crippen LogP contribution in [0.4, 0.5) is 0 Å². The smallest absolute Gasteiger partial charge is 0.255 e. The Balaban J connectivity index is 2.79. The van der Waals surface area contributed by atoms with Gasteiger partial charge in [0.1, 0.15) is 5.75 Å². The highest BCUT2D eigenvalue weighted by molar-refractivity contribution is 6.31. The van der Waals surface area contributed by atoms with Crippen molar-refractivity contribution in [2.75, 3.05) is 5.88 Å². The van der Waals surface area contributed by atoms with Crippen molar-refractivity contribution in [1.82, 2.24) is 5.32 Å². The summed E-state index contributed by atoms with van der Waals surface area (Å²) in [6.07, 6.45) is 0. The Bertz CT molecular complexity index is 409. The van der Waals surface area contributed by atoms with Crippen molar-refractivity contribution in [1.29, 1.82) is 0 Å². The fourth-order valence-corrected chi connectivity index (χ4v) is 1.69. The molecule has 0 radical (unpaired) electrons. The molecular weight excluding hydrogens is 261 g/mol. The first-order valence-electron chi connectivity index (χ1n) is 5.31. The Hall–Kier alpha value is -0.930. The van der Waals surface area contributed by atoms with E-state index in [9.17, 15) is 9.90 Å². The van der Waals surface area contributed by atoms with Crippen LogP contribution in [0.25, 0.3) is 0 Å². The summed E-state index contributed by atoms with van der Waals surface area (Å²) in [5, 5.41) is 12.7. The summed E-state index contributed by atoms with van der Waals surface area (Å²) < 4.78 is 0. The summed E-state index contributed by atoms with van der Waals surface area (Å²) in [6.45, 7) is 3.81. The molecule has 3 nitrogen and oxygen atoms in total. The van der Waals surface area contributed by atoms with Gasteiger partial charge < -0.3 is 10.4 Å². The molecule has 0 aliphatic rings. The summed E-state index contributed by atoms with van der Waals surface area (Å²) in [6, 6.07) is 4.29. The third-order valence-electron chi connectivity index (χ3n) is 2.66. The lowest BCUT2D eigenvalue weighted by molar-refractivity contribution is 0.0928. The number of hydrogen-bond donors (Lipinski definition) is 2. The van der Waals surface area contributed by atoms with E-state index in [1.807, 2.05) is 13.8 Å². The minimum atomic E-state index is -0.352. The number of nitrogens with one attached hydrogen (secondary N) is 1. The van der Waals surface area contributed by atoms with Gasteiger partial charge in [-0.15, -0.1) is 11.6 Å². The Morgan fingerprint density at radius 3 is 2.71 bits per heavy atom. The first-order chi connectivity index (χ1) is 7.95. The molecule has 2 atom stereocenters. The van der Waals surface area contributed by atoms with Crippen molar-refractivity contribution in [2.24, 2.45) is 5.92 Å². The maximum atomic E-state index is 11.9. The fraction of sp³-hybridized carbons (Fsp3) is 0.417. The monoisotopic (exact) mass is 275 g/mol. The van der Waals surface area contributed by atoms with Gasteiger partial charge in [0.2, 0.25) is 0 Å². The summed E-state index contributed by atoms with van der Waals surface area (Å²) in [4.78, 5) is 11.9. The van der Waals surface area contributed by atoms with Gasteiger partial charge >= 0.3 is 0 Å². The van der Waals surface area contributed by atoms with Gasteiger partial charge in [-0.2, -0.15) is 0 Å². The number of benzene rings is 1. The lowest BCUT2D eigenvalue weighted by atomic mass is 10.1. The van der Waals surface area contributed by atoms with Gasteiger partial charge in [0.15, 0.2) is 0 Å². The maximum Gasteiger partial charge on any atom is 0.255 e. The van der Waals surface area contributed by atoms with Crippen LogP contribution in [0, 0.1) is 5.92 Å². The van der Waals surface area contributed by atoms with Crippen LogP contribution in [0.2, 0.25) is 5.02 Å². The highest BCUT2D eigenvalue weighted by Crippen LogP contribution is 2.21. The van der Waals surface area contributed by atoms with Gasteiger partial charge in [-0.3, -0.25) is 4.79 Å². The van der Waals surface area contributed by atoms with Gasteiger partial charge in [0.05, 0.1) is 5.56 Å². The maximum absolute atomic E-state index is 11.9. The zero-order chi connectivity index (χ0) is 13.0. The molecule has 5 heteroatoms. The van der Waals surface area contributed by atoms with E-state index >= 15 is 0 Å². The van der Waals surface area contributed by atoms with Gasteiger partial charge in [0, 0.05) is 16.9 Å². The number of halogens is 2. The minimum absolute atomic E-state index is 0.0709. The summed E-state index contributed by atoms with van der Waals surface area (Å²) in [7, 11) is 0. The van der Waals surface area contributed by atoms with E-state index in [0.717, 1.165) is 0 Å². The van der Waals surface area contributed by atoms with Crippen molar-refractivity contribution in [3.63, 3.8) is 0 Å². The molecule has 1 amide bonds. The van der Waals surface area contributed by atoms with Crippen LogP contribution in [0.15, 0.2) is 18.2 Å². The van der Waals surface area contributed by atoms with Gasteiger partial charge in [-0.1, -0.05) is 18.5 Å². The highest BCUT2D eigenvalue weighted by atomic mass is 35.5. The highest BCUT2D eigenvalue weighted by Gasteiger charge is 2.17. The van der Waals surface area contributed by atoms with Crippen LogP contribution in [-0.4, -0.2) is 22.9 Å². The number of rotatable bonds is 4. The molecule has 0 saturated carbocycles. The van der Waals surface area contributed by atoms with Crippen LogP contribution in [-0.2, 0) is 0 Å². The third-order valence-corrected chi connectivity index (χ3v) is 3.38. The Morgan fingerprint density at radius 1 is 1.47 bits per heavy atom. The second kappa shape index (κ2) is 6.12. The zero-order valence-corrected chi connectivity index (χ0v) is 11.2. The molecule has 0 aliphatic carbocycles. The number of phenolic OH excluding ortho intramolecular Hbond substituents is 1. The Kier molecular flexibility index (Phi) is 5.09. The van der Waals surface area contributed by atoms with E-state index in [-0.39, 0.29) is 29.2 Å². The Morgan fingerprint density at radius 2 is 2.12 bits per heavy atom. The number of amides is 1. The number of hydrogen-bond acceptors (Lipinski definition) is 2. The molecule has 94 valence electrons. The molecule has 0 aromatic heterocycles. The number of carbonyl (C=O) groups excluding carboxylic acids is 1. The molecule has 2 N–H and O–H groups in total. The second-order valence-electron chi connectivity index (χ2n) is 4.06. The molecule has 0 bridgehead atoms. The van der Waals surface area contributed by atoms with Crippen molar-refractivity contribution in [3.05, 3.63) is 28.8 Å². The lowest BCUT2D eigenvalue weighted by Crippen LogP contribution is -2.37. The Labute approximate surface area is 111 Å². The van der Waals surface area contributed by atoms with E-state index in [1.165, 1.54) is 18.2 Å². The topological polar surface area (TPSA) is 49.3 Å². The molecule has 0 fully saturated rings. The normalized spacial score (nSPS) is 14.1. The van der Waals surface area contributed by atoms with Crippen LogP contribution in [0.1, 0.15) is 24.2 Å². The SMILES string of the molecule is CC(CCl)C(C)NC(=O)c1cc(Cl)ccc1O. The molecule has 2 unspecified atom stereocenters. The van der Waals surface area contributed by atoms with E-state index < -0.39 is 0 Å². The number of aromatic hydroxyl groups is 1. The quantitative estimate of drug-likeness (QED) is 0.830. The molecule has 1 aromatic rings. The predicted molar refractivity (Wildman–Crippen MR) is 69.9 cm³/mol. The largest absolute Gasteiger partial charge is 0.507 e. The van der Waals surface area contributed by atoms with E-state index in [1.54, 1.807) is 0 Å². The van der Waals surface area contributed by atoms with Crippen LogP contribution < -0.4 is 5.32 Å². The first kappa shape index (κ1) is 14.1. The molecule has 0 aliphatic heterocycles. The molecule has 17 heavy (non-hydrogen) atoms. The summed E-state index contributed by atoms with van der Waals surface area (Å²) in [5.41, 5.74) is 0.172.